The molecule has 12 rings (SSSR count). The maximum Gasteiger partial charge on any atom is 0.135 e. The van der Waals surface area contributed by atoms with Crippen LogP contribution in [0.3, 0.4) is 0 Å². The van der Waals surface area contributed by atoms with Crippen molar-refractivity contribution in [2.75, 3.05) is 4.90 Å². The van der Waals surface area contributed by atoms with Gasteiger partial charge in [-0.25, -0.2) is 0 Å². The van der Waals surface area contributed by atoms with Gasteiger partial charge in [-0.2, -0.15) is 0 Å². The summed E-state index contributed by atoms with van der Waals surface area (Å²) in [6.07, 6.45) is 4.13. The number of anilines is 3. The molecule has 4 nitrogen and oxygen atoms in total. The van der Waals surface area contributed by atoms with E-state index >= 15 is 0 Å². The van der Waals surface area contributed by atoms with E-state index in [1.807, 2.05) is 6.20 Å². The second-order valence-corrected chi connectivity index (χ2v) is 15.7. The molecule has 0 spiro atoms. The third kappa shape index (κ3) is 5.83. The van der Waals surface area contributed by atoms with Crippen molar-refractivity contribution in [3.05, 3.63) is 224 Å². The SMILES string of the molecule is C1=Cc2c(oc3cccc(-c4ccc(N(c5ccc(-c6ccccc6-n6c7ccccc7c7c8ccccc8ccc76)cc5)c5cccc(-c6ccccc6)c5)cc4)c23)CN1. The van der Waals surface area contributed by atoms with Crippen molar-refractivity contribution in [2.24, 2.45) is 0 Å². The predicted molar refractivity (Wildman–Crippen MR) is 255 cm³/mol. The maximum atomic E-state index is 6.28. The van der Waals surface area contributed by atoms with Gasteiger partial charge in [0, 0.05) is 44.3 Å². The summed E-state index contributed by atoms with van der Waals surface area (Å²) in [6.45, 7) is 0.692. The average molecular weight is 782 g/mol. The van der Waals surface area contributed by atoms with E-state index in [1.54, 1.807) is 0 Å². The van der Waals surface area contributed by atoms with Gasteiger partial charge in [0.25, 0.3) is 0 Å². The summed E-state index contributed by atoms with van der Waals surface area (Å²) in [5.41, 5.74) is 15.8. The van der Waals surface area contributed by atoms with Crippen LogP contribution in [0.5, 0.6) is 0 Å². The molecule has 9 aromatic carbocycles. The molecule has 0 fully saturated rings. The molecule has 3 heterocycles. The second kappa shape index (κ2) is 14.3. The third-order valence-corrected chi connectivity index (χ3v) is 12.3. The van der Waals surface area contributed by atoms with E-state index in [2.05, 4.69) is 227 Å². The Morgan fingerprint density at radius 1 is 0.459 bits per heavy atom. The van der Waals surface area contributed by atoms with Crippen molar-refractivity contribution in [1.29, 1.82) is 0 Å². The first kappa shape index (κ1) is 34.9. The second-order valence-electron chi connectivity index (χ2n) is 15.7. The summed E-state index contributed by atoms with van der Waals surface area (Å²) in [4.78, 5) is 2.36. The number of nitrogens with zero attached hydrogens (tertiary/aromatic N) is 2. The Balaban J connectivity index is 0.974. The van der Waals surface area contributed by atoms with Gasteiger partial charge in [0.2, 0.25) is 0 Å². The minimum absolute atomic E-state index is 0.692. The van der Waals surface area contributed by atoms with Crippen LogP contribution >= 0.6 is 0 Å². The minimum Gasteiger partial charge on any atom is -0.459 e. The Morgan fingerprint density at radius 3 is 1.97 bits per heavy atom. The standard InChI is InChI=1S/C57H39N3O/c1-2-12-38(13-3-1)42-15-10-16-45(36-42)59(44-31-26-41(27-32-44)48-20-11-23-54-57(48)50-34-35-58-37-55(50)61-54)43-29-24-40(25-30-43)46-17-6-8-21-51(46)60-52-22-9-7-19-49(52)56-47-18-5-4-14-39(47)28-33-53(56)60/h1-36,58H,37H2. The van der Waals surface area contributed by atoms with Gasteiger partial charge < -0.3 is 19.2 Å². The molecule has 288 valence electrons. The lowest BCUT2D eigenvalue weighted by atomic mass is 9.97. The van der Waals surface area contributed by atoms with Gasteiger partial charge >= 0.3 is 0 Å². The van der Waals surface area contributed by atoms with Gasteiger partial charge in [0.15, 0.2) is 0 Å². The first-order valence-electron chi connectivity index (χ1n) is 20.9. The number of benzene rings is 9. The van der Waals surface area contributed by atoms with Gasteiger partial charge in [-0.15, -0.1) is 0 Å². The number of hydrogen-bond donors (Lipinski definition) is 1. The number of rotatable bonds is 7. The van der Waals surface area contributed by atoms with Crippen molar-refractivity contribution in [2.45, 2.75) is 6.54 Å². The normalized spacial score (nSPS) is 12.3. The van der Waals surface area contributed by atoms with Gasteiger partial charge in [0.05, 0.1) is 23.3 Å². The minimum atomic E-state index is 0.692. The van der Waals surface area contributed by atoms with Crippen molar-refractivity contribution in [3.8, 4) is 39.1 Å². The van der Waals surface area contributed by atoms with Gasteiger partial charge in [-0.3, -0.25) is 0 Å². The summed E-state index contributed by atoms with van der Waals surface area (Å²) in [5, 5.41) is 9.50. The van der Waals surface area contributed by atoms with E-state index in [1.165, 1.54) is 49.3 Å². The van der Waals surface area contributed by atoms with E-state index in [4.69, 9.17) is 4.42 Å². The van der Waals surface area contributed by atoms with E-state index in [9.17, 15) is 0 Å². The molecular formula is C57H39N3O. The number of hydrogen-bond acceptors (Lipinski definition) is 3. The zero-order chi connectivity index (χ0) is 40.3. The summed E-state index contributed by atoms with van der Waals surface area (Å²) in [6, 6.07) is 74.6. The molecule has 11 aromatic rings. The number of fused-ring (bicyclic) bond motifs is 8. The fraction of sp³-hybridized carbons (Fsp3) is 0.0175. The Labute approximate surface area is 353 Å². The van der Waals surface area contributed by atoms with Gasteiger partial charge in [-0.05, 0) is 112 Å². The Hall–Kier alpha value is -8.08. The molecule has 0 amide bonds. The molecule has 0 aliphatic carbocycles. The van der Waals surface area contributed by atoms with Crippen LogP contribution in [0.1, 0.15) is 11.3 Å². The Bertz CT molecular complexity index is 3470. The highest BCUT2D eigenvalue weighted by molar-refractivity contribution is 6.21. The monoisotopic (exact) mass is 781 g/mol. The van der Waals surface area contributed by atoms with E-state index in [0.717, 1.165) is 61.7 Å². The summed E-state index contributed by atoms with van der Waals surface area (Å²) in [5.74, 6) is 0.973. The van der Waals surface area contributed by atoms with Crippen LogP contribution in [0.2, 0.25) is 0 Å². The molecule has 0 atom stereocenters. The summed E-state index contributed by atoms with van der Waals surface area (Å²) >= 11 is 0. The zero-order valence-electron chi connectivity index (χ0n) is 33.3. The largest absolute Gasteiger partial charge is 0.459 e. The highest BCUT2D eigenvalue weighted by Gasteiger charge is 2.21. The average Bonchev–Trinajstić information content (AvgIpc) is 3.89. The van der Waals surface area contributed by atoms with Crippen molar-refractivity contribution >= 4 is 66.7 Å². The fourth-order valence-electron chi connectivity index (χ4n) is 9.46. The molecule has 0 saturated carbocycles. The fourth-order valence-corrected chi connectivity index (χ4v) is 9.46. The van der Waals surface area contributed by atoms with Crippen LogP contribution in [-0.2, 0) is 6.54 Å². The van der Waals surface area contributed by atoms with Gasteiger partial charge in [-0.1, -0.05) is 146 Å². The molecule has 0 radical (unpaired) electrons. The van der Waals surface area contributed by atoms with Crippen LogP contribution in [0, 0.1) is 0 Å². The van der Waals surface area contributed by atoms with Crippen LogP contribution < -0.4 is 10.2 Å². The first-order chi connectivity index (χ1) is 30.3. The predicted octanol–water partition coefficient (Wildman–Crippen LogP) is 15.2. The van der Waals surface area contributed by atoms with E-state index < -0.39 is 0 Å². The Morgan fingerprint density at radius 2 is 1.13 bits per heavy atom. The van der Waals surface area contributed by atoms with Crippen LogP contribution in [0.15, 0.2) is 217 Å². The van der Waals surface area contributed by atoms with Crippen LogP contribution in [-0.4, -0.2) is 4.57 Å². The van der Waals surface area contributed by atoms with Crippen LogP contribution in [0.4, 0.5) is 17.1 Å². The molecule has 0 unspecified atom stereocenters. The van der Waals surface area contributed by atoms with Crippen molar-refractivity contribution in [1.82, 2.24) is 9.88 Å². The number of nitrogens with one attached hydrogen (secondary N) is 1. The molecule has 4 heteroatoms. The molecule has 1 aliphatic heterocycles. The van der Waals surface area contributed by atoms with Crippen molar-refractivity contribution < 1.29 is 4.42 Å². The molecular weight excluding hydrogens is 743 g/mol. The molecule has 61 heavy (non-hydrogen) atoms. The molecule has 1 N–H and O–H groups in total. The molecule has 0 bridgehead atoms. The topological polar surface area (TPSA) is 33.3 Å². The zero-order valence-corrected chi connectivity index (χ0v) is 33.3. The molecule has 0 saturated heterocycles. The number of para-hydroxylation sites is 2. The summed E-state index contributed by atoms with van der Waals surface area (Å²) in [7, 11) is 0. The maximum absolute atomic E-state index is 6.28. The van der Waals surface area contributed by atoms with E-state index in [0.29, 0.717) is 6.54 Å². The molecule has 2 aromatic heterocycles. The smallest absolute Gasteiger partial charge is 0.135 e. The lowest BCUT2D eigenvalue weighted by molar-refractivity contribution is 0.532. The Kier molecular flexibility index (Phi) is 8.20. The third-order valence-electron chi connectivity index (χ3n) is 12.3. The van der Waals surface area contributed by atoms with E-state index in [-0.39, 0.29) is 0 Å². The van der Waals surface area contributed by atoms with Gasteiger partial charge in [0.1, 0.15) is 11.3 Å². The summed E-state index contributed by atoms with van der Waals surface area (Å²) < 4.78 is 8.72. The number of aromatic nitrogens is 1. The highest BCUT2D eigenvalue weighted by Crippen LogP contribution is 2.43. The lowest BCUT2D eigenvalue weighted by Gasteiger charge is -2.26. The highest BCUT2D eigenvalue weighted by atomic mass is 16.3. The number of furan rings is 1. The van der Waals surface area contributed by atoms with Crippen molar-refractivity contribution in [3.63, 3.8) is 0 Å². The first-order valence-corrected chi connectivity index (χ1v) is 20.9. The van der Waals surface area contributed by atoms with Crippen LogP contribution in [0.25, 0.3) is 88.7 Å². The molecule has 1 aliphatic rings. The lowest BCUT2D eigenvalue weighted by Crippen LogP contribution is -2.10. The quantitative estimate of drug-likeness (QED) is 0.175.